The van der Waals surface area contributed by atoms with Gasteiger partial charge >= 0.3 is 0 Å². The topological polar surface area (TPSA) is 71.6 Å². The lowest BCUT2D eigenvalue weighted by Crippen LogP contribution is -2.34. The second kappa shape index (κ2) is 6.10. The van der Waals surface area contributed by atoms with Crippen LogP contribution in [0.1, 0.15) is 26.7 Å². The van der Waals surface area contributed by atoms with Gasteiger partial charge in [0, 0.05) is 12.6 Å². The highest BCUT2D eigenvalue weighted by Crippen LogP contribution is 2.31. The molecule has 0 bridgehead atoms. The number of nitrogen functional groups attached to an aromatic ring is 1. The van der Waals surface area contributed by atoms with E-state index in [1.54, 1.807) is 0 Å². The third kappa shape index (κ3) is 3.73. The van der Waals surface area contributed by atoms with Gasteiger partial charge in [-0.1, -0.05) is 0 Å². The van der Waals surface area contributed by atoms with Crippen LogP contribution in [0.3, 0.4) is 0 Å². The molecule has 0 aliphatic heterocycles. The SMILES string of the molecule is CC(C)N(CCO)c1ccc(N)c(OCC2CC2)n1. The van der Waals surface area contributed by atoms with Crippen molar-refractivity contribution in [2.75, 3.05) is 30.4 Å². The van der Waals surface area contributed by atoms with Crippen molar-refractivity contribution >= 4 is 11.5 Å². The summed E-state index contributed by atoms with van der Waals surface area (Å²) < 4.78 is 5.68. The van der Waals surface area contributed by atoms with E-state index >= 15 is 0 Å². The number of aromatic nitrogens is 1. The van der Waals surface area contributed by atoms with E-state index in [-0.39, 0.29) is 12.6 Å². The average molecular weight is 265 g/mol. The standard InChI is InChI=1S/C14H23N3O2/c1-10(2)17(7-8-18)13-6-5-12(15)14(16-13)19-9-11-3-4-11/h5-6,10-11,18H,3-4,7-9,15H2,1-2H3. The van der Waals surface area contributed by atoms with E-state index in [2.05, 4.69) is 18.8 Å². The van der Waals surface area contributed by atoms with Crippen LogP contribution in [0.4, 0.5) is 11.5 Å². The molecule has 1 aromatic rings. The first-order chi connectivity index (χ1) is 9.11. The van der Waals surface area contributed by atoms with Crippen LogP contribution in [-0.2, 0) is 0 Å². The van der Waals surface area contributed by atoms with Crippen LogP contribution in [0, 0.1) is 5.92 Å². The minimum Gasteiger partial charge on any atom is -0.476 e. The molecule has 0 unspecified atom stereocenters. The molecule has 5 nitrogen and oxygen atoms in total. The Morgan fingerprint density at radius 1 is 1.47 bits per heavy atom. The molecule has 0 saturated heterocycles. The predicted molar refractivity (Wildman–Crippen MR) is 76.4 cm³/mol. The Morgan fingerprint density at radius 2 is 2.21 bits per heavy atom. The first-order valence-electron chi connectivity index (χ1n) is 6.88. The van der Waals surface area contributed by atoms with Gasteiger partial charge in [-0.05, 0) is 44.7 Å². The van der Waals surface area contributed by atoms with Crippen molar-refractivity contribution in [1.29, 1.82) is 0 Å². The Bertz CT molecular complexity index is 419. The van der Waals surface area contributed by atoms with E-state index in [1.807, 2.05) is 17.0 Å². The molecule has 1 heterocycles. The summed E-state index contributed by atoms with van der Waals surface area (Å²) in [6.07, 6.45) is 2.48. The second-order valence-electron chi connectivity index (χ2n) is 5.33. The van der Waals surface area contributed by atoms with Crippen molar-refractivity contribution in [2.24, 2.45) is 5.92 Å². The van der Waals surface area contributed by atoms with Crippen LogP contribution in [0.5, 0.6) is 5.88 Å². The van der Waals surface area contributed by atoms with Crippen LogP contribution < -0.4 is 15.4 Å². The fourth-order valence-electron chi connectivity index (χ4n) is 1.94. The molecule has 0 spiro atoms. The van der Waals surface area contributed by atoms with Crippen LogP contribution in [0.2, 0.25) is 0 Å². The number of ether oxygens (including phenoxy) is 1. The number of anilines is 2. The first-order valence-corrected chi connectivity index (χ1v) is 6.88. The van der Waals surface area contributed by atoms with Crippen LogP contribution >= 0.6 is 0 Å². The van der Waals surface area contributed by atoms with Gasteiger partial charge in [0.1, 0.15) is 5.82 Å². The van der Waals surface area contributed by atoms with Gasteiger partial charge in [0.2, 0.25) is 5.88 Å². The molecular formula is C14H23N3O2. The van der Waals surface area contributed by atoms with Crippen molar-refractivity contribution in [1.82, 2.24) is 4.98 Å². The van der Waals surface area contributed by atoms with Crippen LogP contribution in [-0.4, -0.2) is 35.9 Å². The van der Waals surface area contributed by atoms with Crippen molar-refractivity contribution < 1.29 is 9.84 Å². The summed E-state index contributed by atoms with van der Waals surface area (Å²) in [5.41, 5.74) is 6.46. The lowest BCUT2D eigenvalue weighted by atomic mass is 10.3. The monoisotopic (exact) mass is 265 g/mol. The Hall–Kier alpha value is -1.49. The largest absolute Gasteiger partial charge is 0.476 e. The van der Waals surface area contributed by atoms with Crippen LogP contribution in [0.15, 0.2) is 12.1 Å². The van der Waals surface area contributed by atoms with Crippen molar-refractivity contribution in [3.63, 3.8) is 0 Å². The highest BCUT2D eigenvalue weighted by atomic mass is 16.5. The summed E-state index contributed by atoms with van der Waals surface area (Å²) in [6.45, 7) is 5.48. The molecule has 19 heavy (non-hydrogen) atoms. The van der Waals surface area contributed by atoms with E-state index in [0.29, 0.717) is 30.6 Å². The number of hydrogen-bond acceptors (Lipinski definition) is 5. The van der Waals surface area contributed by atoms with Gasteiger partial charge in [0.05, 0.1) is 18.9 Å². The normalized spacial score (nSPS) is 14.7. The third-order valence-corrected chi connectivity index (χ3v) is 3.29. The summed E-state index contributed by atoms with van der Waals surface area (Å²) in [5.74, 6) is 1.97. The van der Waals surface area contributed by atoms with E-state index < -0.39 is 0 Å². The molecule has 1 aliphatic carbocycles. The summed E-state index contributed by atoms with van der Waals surface area (Å²) in [6, 6.07) is 3.95. The molecule has 1 saturated carbocycles. The van der Waals surface area contributed by atoms with Gasteiger partial charge in [-0.25, -0.2) is 0 Å². The number of aliphatic hydroxyl groups is 1. The van der Waals surface area contributed by atoms with Gasteiger partial charge in [0.25, 0.3) is 0 Å². The number of nitrogens with zero attached hydrogens (tertiary/aromatic N) is 2. The maximum absolute atomic E-state index is 9.13. The predicted octanol–water partition coefficient (Wildman–Crippen LogP) is 1.66. The van der Waals surface area contributed by atoms with Gasteiger partial charge in [-0.3, -0.25) is 0 Å². The fourth-order valence-corrected chi connectivity index (χ4v) is 1.94. The Kier molecular flexibility index (Phi) is 4.47. The summed E-state index contributed by atoms with van der Waals surface area (Å²) in [7, 11) is 0. The molecule has 106 valence electrons. The fraction of sp³-hybridized carbons (Fsp3) is 0.643. The maximum atomic E-state index is 9.13. The molecule has 5 heteroatoms. The Balaban J connectivity index is 2.12. The molecule has 0 radical (unpaired) electrons. The molecule has 1 aromatic heterocycles. The molecular weight excluding hydrogens is 242 g/mol. The van der Waals surface area contributed by atoms with Gasteiger partial charge < -0.3 is 20.5 Å². The van der Waals surface area contributed by atoms with Gasteiger partial charge in [-0.15, -0.1) is 0 Å². The highest BCUT2D eigenvalue weighted by Gasteiger charge is 2.23. The highest BCUT2D eigenvalue weighted by molar-refractivity contribution is 5.54. The quantitative estimate of drug-likeness (QED) is 0.784. The smallest absolute Gasteiger partial charge is 0.239 e. The summed E-state index contributed by atoms with van der Waals surface area (Å²) >= 11 is 0. The Labute approximate surface area is 114 Å². The molecule has 3 N–H and O–H groups in total. The van der Waals surface area contributed by atoms with E-state index in [1.165, 1.54) is 12.8 Å². The van der Waals surface area contributed by atoms with Gasteiger partial charge in [-0.2, -0.15) is 4.98 Å². The Morgan fingerprint density at radius 3 is 2.79 bits per heavy atom. The van der Waals surface area contributed by atoms with E-state index in [0.717, 1.165) is 5.82 Å². The molecule has 2 rings (SSSR count). The number of aliphatic hydroxyl groups excluding tert-OH is 1. The number of pyridine rings is 1. The maximum Gasteiger partial charge on any atom is 0.239 e. The van der Waals surface area contributed by atoms with Crippen molar-refractivity contribution in [3.05, 3.63) is 12.1 Å². The zero-order valence-corrected chi connectivity index (χ0v) is 11.7. The molecule has 0 aromatic carbocycles. The van der Waals surface area contributed by atoms with E-state index in [9.17, 15) is 0 Å². The zero-order valence-electron chi connectivity index (χ0n) is 11.7. The van der Waals surface area contributed by atoms with Crippen molar-refractivity contribution in [2.45, 2.75) is 32.7 Å². The van der Waals surface area contributed by atoms with Crippen molar-refractivity contribution in [3.8, 4) is 5.88 Å². The lowest BCUT2D eigenvalue weighted by Gasteiger charge is -2.27. The minimum atomic E-state index is 0.0997. The first kappa shape index (κ1) is 13.9. The van der Waals surface area contributed by atoms with Crippen LogP contribution in [0.25, 0.3) is 0 Å². The summed E-state index contributed by atoms with van der Waals surface area (Å²) in [4.78, 5) is 6.51. The third-order valence-electron chi connectivity index (χ3n) is 3.29. The molecule has 1 aliphatic rings. The summed E-state index contributed by atoms with van der Waals surface area (Å²) in [5, 5.41) is 9.13. The van der Waals surface area contributed by atoms with E-state index in [4.69, 9.17) is 15.6 Å². The molecule has 0 atom stereocenters. The molecule has 1 fully saturated rings. The number of rotatable bonds is 7. The number of nitrogens with two attached hydrogens (primary N) is 1. The second-order valence-corrected chi connectivity index (χ2v) is 5.33. The average Bonchev–Trinajstić information content (AvgIpc) is 3.19. The number of hydrogen-bond donors (Lipinski definition) is 2. The minimum absolute atomic E-state index is 0.0997. The lowest BCUT2D eigenvalue weighted by molar-refractivity contribution is 0.288. The van der Waals surface area contributed by atoms with Gasteiger partial charge in [0.15, 0.2) is 0 Å². The zero-order chi connectivity index (χ0) is 13.8. The molecule has 0 amide bonds.